The lowest BCUT2D eigenvalue weighted by Gasteiger charge is -2.24. The summed E-state index contributed by atoms with van der Waals surface area (Å²) in [5.41, 5.74) is -0.0494. The molecule has 1 aliphatic heterocycles. The molecule has 0 radical (unpaired) electrons. The zero-order valence-corrected chi connectivity index (χ0v) is 16.6. The fourth-order valence-corrected chi connectivity index (χ4v) is 3.73. The molecule has 4 amide bonds. The smallest absolute Gasteiger partial charge is 0.325 e. The molecule has 4 rings (SSSR count). The molecular formula is C23H21N3O4. The van der Waals surface area contributed by atoms with E-state index in [-0.39, 0.29) is 6.54 Å². The lowest BCUT2D eigenvalue weighted by molar-refractivity contribution is -0.133. The molecule has 0 spiro atoms. The number of urea groups is 1. The van der Waals surface area contributed by atoms with Crippen LogP contribution in [-0.4, -0.2) is 36.4 Å². The third-order valence-electron chi connectivity index (χ3n) is 5.26. The maximum absolute atomic E-state index is 13.2. The zero-order valence-electron chi connectivity index (χ0n) is 16.6. The number of imide groups is 1. The van der Waals surface area contributed by atoms with Gasteiger partial charge in [0.05, 0.1) is 7.11 Å². The van der Waals surface area contributed by atoms with Gasteiger partial charge in [0.25, 0.3) is 5.91 Å². The maximum atomic E-state index is 13.2. The summed E-state index contributed by atoms with van der Waals surface area (Å²) in [5.74, 6) is -0.357. The second kappa shape index (κ2) is 7.51. The van der Waals surface area contributed by atoms with Crippen LogP contribution in [0.5, 0.6) is 5.75 Å². The molecule has 1 atom stereocenters. The number of methoxy groups -OCH3 is 1. The van der Waals surface area contributed by atoms with Crippen molar-refractivity contribution >= 4 is 34.3 Å². The van der Waals surface area contributed by atoms with E-state index in [1.54, 1.807) is 31.2 Å². The molecule has 7 heteroatoms. The van der Waals surface area contributed by atoms with Crippen molar-refractivity contribution in [1.82, 2.24) is 10.2 Å². The number of fused-ring (bicyclic) bond motifs is 1. The molecule has 3 aromatic rings. The molecule has 3 aromatic carbocycles. The van der Waals surface area contributed by atoms with Gasteiger partial charge in [0.2, 0.25) is 5.91 Å². The Hall–Kier alpha value is -3.87. The van der Waals surface area contributed by atoms with E-state index in [0.29, 0.717) is 17.0 Å². The van der Waals surface area contributed by atoms with Crippen molar-refractivity contribution < 1.29 is 19.1 Å². The lowest BCUT2D eigenvalue weighted by atomic mass is 9.88. The number of hydrogen-bond acceptors (Lipinski definition) is 4. The minimum atomic E-state index is -1.26. The van der Waals surface area contributed by atoms with Gasteiger partial charge in [-0.1, -0.05) is 48.5 Å². The van der Waals surface area contributed by atoms with Crippen molar-refractivity contribution in [1.29, 1.82) is 0 Å². The van der Waals surface area contributed by atoms with Crippen molar-refractivity contribution in [3.63, 3.8) is 0 Å². The number of benzene rings is 3. The summed E-state index contributed by atoms with van der Waals surface area (Å²) in [6.45, 7) is 1.28. The van der Waals surface area contributed by atoms with Crippen LogP contribution in [0.15, 0.2) is 66.7 Å². The molecule has 1 aliphatic rings. The highest BCUT2D eigenvalue weighted by molar-refractivity contribution is 6.11. The molecule has 30 heavy (non-hydrogen) atoms. The third-order valence-corrected chi connectivity index (χ3v) is 5.26. The molecule has 2 N–H and O–H groups in total. The number of rotatable bonds is 5. The Morgan fingerprint density at radius 2 is 1.80 bits per heavy atom. The average molecular weight is 403 g/mol. The Labute approximate surface area is 173 Å². The number of amides is 4. The van der Waals surface area contributed by atoms with Crippen molar-refractivity contribution in [2.24, 2.45) is 0 Å². The van der Waals surface area contributed by atoms with Crippen molar-refractivity contribution in [3.05, 3.63) is 72.3 Å². The minimum Gasteiger partial charge on any atom is -0.497 e. The number of carbonyl (C=O) groups is 3. The fraction of sp³-hybridized carbons (Fsp3) is 0.174. The summed E-state index contributed by atoms with van der Waals surface area (Å²) in [6, 6.07) is 19.5. The first-order chi connectivity index (χ1) is 14.4. The Kier molecular flexibility index (Phi) is 4.87. The number of anilines is 1. The summed E-state index contributed by atoms with van der Waals surface area (Å²) in [6.07, 6.45) is 0. The molecule has 0 aliphatic carbocycles. The average Bonchev–Trinajstić information content (AvgIpc) is 2.97. The zero-order chi connectivity index (χ0) is 21.3. The molecule has 1 fully saturated rings. The van der Waals surface area contributed by atoms with Crippen LogP contribution in [0.3, 0.4) is 0 Å². The van der Waals surface area contributed by atoms with Gasteiger partial charge in [0, 0.05) is 11.8 Å². The van der Waals surface area contributed by atoms with Gasteiger partial charge in [-0.05, 0) is 35.4 Å². The predicted octanol–water partition coefficient (Wildman–Crippen LogP) is 3.25. The molecule has 0 aromatic heterocycles. The first-order valence-corrected chi connectivity index (χ1v) is 9.48. The Balaban J connectivity index is 1.57. The first kappa shape index (κ1) is 19.4. The number of hydrogen-bond donors (Lipinski definition) is 2. The monoisotopic (exact) mass is 403 g/mol. The number of nitrogens with one attached hydrogen (secondary N) is 2. The van der Waals surface area contributed by atoms with Gasteiger partial charge in [-0.25, -0.2) is 4.79 Å². The van der Waals surface area contributed by atoms with Crippen LogP contribution in [-0.2, 0) is 15.1 Å². The van der Waals surface area contributed by atoms with E-state index in [2.05, 4.69) is 10.6 Å². The second-order valence-corrected chi connectivity index (χ2v) is 7.25. The van der Waals surface area contributed by atoms with Gasteiger partial charge in [0.1, 0.15) is 17.8 Å². The van der Waals surface area contributed by atoms with E-state index in [1.165, 1.54) is 7.11 Å². The molecule has 1 heterocycles. The molecule has 0 unspecified atom stereocenters. The quantitative estimate of drug-likeness (QED) is 0.640. The summed E-state index contributed by atoms with van der Waals surface area (Å²) >= 11 is 0. The van der Waals surface area contributed by atoms with E-state index in [0.717, 1.165) is 15.7 Å². The van der Waals surface area contributed by atoms with E-state index < -0.39 is 23.4 Å². The molecule has 1 saturated heterocycles. The number of ether oxygens (including phenoxy) is 1. The van der Waals surface area contributed by atoms with Crippen molar-refractivity contribution in [2.45, 2.75) is 12.5 Å². The summed E-state index contributed by atoms with van der Waals surface area (Å²) in [5, 5.41) is 7.29. The van der Waals surface area contributed by atoms with Crippen LogP contribution in [0.1, 0.15) is 12.5 Å². The van der Waals surface area contributed by atoms with E-state index in [1.807, 2.05) is 42.5 Å². The van der Waals surface area contributed by atoms with Gasteiger partial charge >= 0.3 is 6.03 Å². The fourth-order valence-electron chi connectivity index (χ4n) is 3.73. The lowest BCUT2D eigenvalue weighted by Crippen LogP contribution is -2.42. The highest BCUT2D eigenvalue weighted by Crippen LogP contribution is 2.33. The SMILES string of the molecule is COc1cccc(NC(=O)CN2C(=O)N[C@@](C)(c3cccc4ccccc34)C2=O)c1. The largest absolute Gasteiger partial charge is 0.497 e. The van der Waals surface area contributed by atoms with Crippen LogP contribution in [0.2, 0.25) is 0 Å². The molecule has 0 saturated carbocycles. The maximum Gasteiger partial charge on any atom is 0.325 e. The van der Waals surface area contributed by atoms with Crippen LogP contribution >= 0.6 is 0 Å². The Morgan fingerprint density at radius 3 is 2.60 bits per heavy atom. The normalized spacial score (nSPS) is 18.4. The molecule has 152 valence electrons. The van der Waals surface area contributed by atoms with Crippen LogP contribution in [0.4, 0.5) is 10.5 Å². The van der Waals surface area contributed by atoms with E-state index >= 15 is 0 Å². The summed E-state index contributed by atoms with van der Waals surface area (Å²) < 4.78 is 5.14. The summed E-state index contributed by atoms with van der Waals surface area (Å²) in [4.78, 5) is 39.2. The number of nitrogens with zero attached hydrogens (tertiary/aromatic N) is 1. The van der Waals surface area contributed by atoms with E-state index in [9.17, 15) is 14.4 Å². The highest BCUT2D eigenvalue weighted by atomic mass is 16.5. The number of carbonyl (C=O) groups excluding carboxylic acids is 3. The van der Waals surface area contributed by atoms with Crippen LogP contribution in [0.25, 0.3) is 10.8 Å². The van der Waals surface area contributed by atoms with Crippen molar-refractivity contribution in [2.75, 3.05) is 19.0 Å². The van der Waals surface area contributed by atoms with E-state index in [4.69, 9.17) is 4.74 Å². The standard InChI is InChI=1S/C23H21N3O4/c1-23(19-12-5-8-15-7-3-4-11-18(15)19)21(28)26(22(29)25-23)14-20(27)24-16-9-6-10-17(13-16)30-2/h3-13H,14H2,1-2H3,(H,24,27)(H,25,29)/t23-/m0/s1. The van der Waals surface area contributed by atoms with Gasteiger partial charge in [-0.15, -0.1) is 0 Å². The Bertz CT molecular complexity index is 1150. The van der Waals surface area contributed by atoms with Gasteiger partial charge in [0.15, 0.2) is 0 Å². The van der Waals surface area contributed by atoms with Gasteiger partial charge in [-0.2, -0.15) is 0 Å². The topological polar surface area (TPSA) is 87.7 Å². The van der Waals surface area contributed by atoms with Gasteiger partial charge < -0.3 is 15.4 Å². The van der Waals surface area contributed by atoms with Crippen molar-refractivity contribution in [3.8, 4) is 5.75 Å². The van der Waals surface area contributed by atoms with Crippen LogP contribution < -0.4 is 15.4 Å². The molecule has 7 nitrogen and oxygen atoms in total. The third kappa shape index (κ3) is 3.34. The predicted molar refractivity (Wildman–Crippen MR) is 113 cm³/mol. The minimum absolute atomic E-state index is 0.387. The first-order valence-electron chi connectivity index (χ1n) is 9.48. The summed E-state index contributed by atoms with van der Waals surface area (Å²) in [7, 11) is 1.53. The molecular weight excluding hydrogens is 382 g/mol. The Morgan fingerprint density at radius 1 is 1.07 bits per heavy atom. The second-order valence-electron chi connectivity index (χ2n) is 7.25. The highest BCUT2D eigenvalue weighted by Gasteiger charge is 2.50. The molecule has 0 bridgehead atoms. The van der Waals surface area contributed by atoms with Crippen LogP contribution in [0, 0.1) is 0 Å². The van der Waals surface area contributed by atoms with Gasteiger partial charge in [-0.3, -0.25) is 14.5 Å².